The molecule has 2 aliphatic rings. The lowest BCUT2D eigenvalue weighted by Crippen LogP contribution is -2.64. The highest BCUT2D eigenvalue weighted by molar-refractivity contribution is 5.92. The van der Waals surface area contributed by atoms with E-state index in [1.807, 2.05) is 18.2 Å². The van der Waals surface area contributed by atoms with Crippen LogP contribution in [0.3, 0.4) is 0 Å². The molecule has 3 nitrogen and oxygen atoms in total. The molecule has 0 spiro atoms. The monoisotopic (exact) mass is 271 g/mol. The molecule has 0 aromatic heterocycles. The van der Waals surface area contributed by atoms with Gasteiger partial charge in [-0.3, -0.25) is 4.79 Å². The molecule has 1 aromatic rings. The molecular formula is C17H21NO2. The fourth-order valence-electron chi connectivity index (χ4n) is 2.79. The zero-order chi connectivity index (χ0) is 14.2. The van der Waals surface area contributed by atoms with Crippen LogP contribution in [0.25, 0.3) is 6.08 Å². The van der Waals surface area contributed by atoms with Crippen LogP contribution in [0.15, 0.2) is 30.3 Å². The van der Waals surface area contributed by atoms with E-state index in [1.54, 1.807) is 11.0 Å². The molecular weight excluding hydrogens is 250 g/mol. The Bertz CT molecular complexity index is 522. The second kappa shape index (κ2) is 5.06. The number of β-amino-alcohol motifs (C(OH)–C–C–N with tert-alkyl or cyclic N) is 1. The summed E-state index contributed by atoms with van der Waals surface area (Å²) in [6.07, 6.45) is 6.69. The van der Waals surface area contributed by atoms with Crippen LogP contribution in [0.2, 0.25) is 0 Å². The molecule has 3 rings (SSSR count). The van der Waals surface area contributed by atoms with Crippen LogP contribution in [-0.2, 0) is 11.2 Å². The predicted octanol–water partition coefficient (Wildman–Crippen LogP) is 2.25. The van der Waals surface area contributed by atoms with Gasteiger partial charge >= 0.3 is 0 Å². The fourth-order valence-corrected chi connectivity index (χ4v) is 2.79. The molecule has 1 heterocycles. The van der Waals surface area contributed by atoms with Gasteiger partial charge in [0.25, 0.3) is 0 Å². The number of nitrogens with zero attached hydrogens (tertiary/aromatic N) is 1. The van der Waals surface area contributed by atoms with E-state index in [4.69, 9.17) is 0 Å². The van der Waals surface area contributed by atoms with Crippen molar-refractivity contribution in [2.24, 2.45) is 5.92 Å². The Morgan fingerprint density at radius 3 is 2.55 bits per heavy atom. The fraction of sp³-hybridized carbons (Fsp3) is 0.471. The molecule has 1 saturated heterocycles. The highest BCUT2D eigenvalue weighted by Crippen LogP contribution is 2.44. The van der Waals surface area contributed by atoms with E-state index in [2.05, 4.69) is 19.1 Å². The first-order valence-electron chi connectivity index (χ1n) is 7.39. The zero-order valence-corrected chi connectivity index (χ0v) is 11.9. The third-order valence-corrected chi connectivity index (χ3v) is 4.38. The van der Waals surface area contributed by atoms with Gasteiger partial charge in [0.05, 0.1) is 13.1 Å². The summed E-state index contributed by atoms with van der Waals surface area (Å²) in [5.41, 5.74) is 1.74. The van der Waals surface area contributed by atoms with Crippen molar-refractivity contribution in [3.05, 3.63) is 41.5 Å². The number of hydrogen-bond donors (Lipinski definition) is 1. The minimum absolute atomic E-state index is 0.00473. The lowest BCUT2D eigenvalue weighted by molar-refractivity contribution is -0.154. The summed E-state index contributed by atoms with van der Waals surface area (Å²) in [5.74, 6) is 0.423. The first-order chi connectivity index (χ1) is 9.60. The zero-order valence-electron chi connectivity index (χ0n) is 11.9. The first kappa shape index (κ1) is 13.4. The van der Waals surface area contributed by atoms with E-state index in [1.165, 1.54) is 5.56 Å². The van der Waals surface area contributed by atoms with Crippen LogP contribution < -0.4 is 0 Å². The van der Waals surface area contributed by atoms with E-state index in [9.17, 15) is 9.90 Å². The van der Waals surface area contributed by atoms with Crippen LogP contribution in [0.4, 0.5) is 0 Å². The Kier molecular flexibility index (Phi) is 3.38. The van der Waals surface area contributed by atoms with Gasteiger partial charge in [-0.15, -0.1) is 0 Å². The number of benzene rings is 1. The number of amides is 1. The predicted molar refractivity (Wildman–Crippen MR) is 79.1 cm³/mol. The van der Waals surface area contributed by atoms with Crippen molar-refractivity contribution in [2.45, 2.75) is 31.8 Å². The molecule has 1 aromatic carbocycles. The van der Waals surface area contributed by atoms with E-state index in [-0.39, 0.29) is 5.91 Å². The third-order valence-electron chi connectivity index (χ3n) is 4.38. The maximum absolute atomic E-state index is 12.0. The number of carbonyl (C=O) groups excluding carboxylic acids is 1. The summed E-state index contributed by atoms with van der Waals surface area (Å²) in [6.45, 7) is 3.12. The van der Waals surface area contributed by atoms with Crippen molar-refractivity contribution in [2.75, 3.05) is 13.1 Å². The number of aliphatic hydroxyl groups is 1. The summed E-state index contributed by atoms with van der Waals surface area (Å²) < 4.78 is 0. The second-order valence-corrected chi connectivity index (χ2v) is 6.00. The molecule has 0 unspecified atom stereocenters. The number of rotatable bonds is 4. The van der Waals surface area contributed by atoms with Crippen molar-refractivity contribution in [1.82, 2.24) is 4.90 Å². The molecule has 3 heteroatoms. The highest BCUT2D eigenvalue weighted by Gasteiger charge is 2.52. The minimum Gasteiger partial charge on any atom is -0.386 e. The normalized spacial score (nSPS) is 21.0. The molecule has 2 fully saturated rings. The third kappa shape index (κ3) is 2.63. The maximum Gasteiger partial charge on any atom is 0.246 e. The standard InChI is InChI=1S/C17H21NO2/c1-2-13-3-5-14(6-4-13)7-10-16(19)18-11-17(20,12-18)15-8-9-15/h3-7,10,15,20H,2,8-9,11-12H2,1H3. The van der Waals surface area contributed by atoms with Gasteiger partial charge in [-0.25, -0.2) is 0 Å². The topological polar surface area (TPSA) is 40.5 Å². The second-order valence-electron chi connectivity index (χ2n) is 6.00. The summed E-state index contributed by atoms with van der Waals surface area (Å²) >= 11 is 0. The van der Waals surface area contributed by atoms with E-state index in [0.717, 1.165) is 24.8 Å². The van der Waals surface area contributed by atoms with Crippen LogP contribution in [0.5, 0.6) is 0 Å². The minimum atomic E-state index is -0.591. The van der Waals surface area contributed by atoms with Crippen LogP contribution in [0, 0.1) is 5.92 Å². The molecule has 20 heavy (non-hydrogen) atoms. The number of likely N-dealkylation sites (tertiary alicyclic amines) is 1. The molecule has 0 atom stereocenters. The van der Waals surface area contributed by atoms with Gasteiger partial charge in [-0.05, 0) is 42.4 Å². The molecule has 1 aliphatic carbocycles. The molecule has 1 N–H and O–H groups in total. The molecule has 1 amide bonds. The molecule has 0 radical (unpaired) electrons. The molecule has 0 bridgehead atoms. The van der Waals surface area contributed by atoms with Gasteiger partial charge in [-0.1, -0.05) is 31.2 Å². The van der Waals surface area contributed by atoms with Crippen molar-refractivity contribution < 1.29 is 9.90 Å². The van der Waals surface area contributed by atoms with Crippen molar-refractivity contribution in [3.8, 4) is 0 Å². The van der Waals surface area contributed by atoms with Crippen LogP contribution in [-0.4, -0.2) is 34.6 Å². The molecule has 106 valence electrons. The first-order valence-corrected chi connectivity index (χ1v) is 7.39. The van der Waals surface area contributed by atoms with E-state index < -0.39 is 5.60 Å². The van der Waals surface area contributed by atoms with Gasteiger partial charge in [-0.2, -0.15) is 0 Å². The summed E-state index contributed by atoms with van der Waals surface area (Å²) in [4.78, 5) is 13.7. The Balaban J connectivity index is 1.54. The summed E-state index contributed by atoms with van der Waals surface area (Å²) in [7, 11) is 0. The summed E-state index contributed by atoms with van der Waals surface area (Å²) in [6, 6.07) is 8.22. The Labute approximate surface area is 119 Å². The smallest absolute Gasteiger partial charge is 0.246 e. The van der Waals surface area contributed by atoms with Gasteiger partial charge in [0.1, 0.15) is 5.60 Å². The molecule has 1 saturated carbocycles. The molecule has 1 aliphatic heterocycles. The maximum atomic E-state index is 12.0. The van der Waals surface area contributed by atoms with Crippen molar-refractivity contribution in [1.29, 1.82) is 0 Å². The Hall–Kier alpha value is -1.61. The largest absolute Gasteiger partial charge is 0.386 e. The Morgan fingerprint density at radius 1 is 1.35 bits per heavy atom. The number of hydrogen-bond acceptors (Lipinski definition) is 2. The van der Waals surface area contributed by atoms with Gasteiger partial charge < -0.3 is 10.0 Å². The van der Waals surface area contributed by atoms with E-state index >= 15 is 0 Å². The number of carbonyl (C=O) groups is 1. The summed E-state index contributed by atoms with van der Waals surface area (Å²) in [5, 5.41) is 10.2. The highest BCUT2D eigenvalue weighted by atomic mass is 16.3. The Morgan fingerprint density at radius 2 is 2.00 bits per heavy atom. The SMILES string of the molecule is CCc1ccc(C=CC(=O)N2CC(O)(C3CC3)C2)cc1. The average molecular weight is 271 g/mol. The van der Waals surface area contributed by atoms with Crippen LogP contribution >= 0.6 is 0 Å². The lowest BCUT2D eigenvalue weighted by atomic mass is 9.88. The van der Waals surface area contributed by atoms with Crippen molar-refractivity contribution >= 4 is 12.0 Å². The van der Waals surface area contributed by atoms with Crippen LogP contribution in [0.1, 0.15) is 30.9 Å². The number of aryl methyl sites for hydroxylation is 1. The average Bonchev–Trinajstić information content (AvgIpc) is 3.26. The van der Waals surface area contributed by atoms with Gasteiger partial charge in [0, 0.05) is 6.08 Å². The van der Waals surface area contributed by atoms with Crippen molar-refractivity contribution in [3.63, 3.8) is 0 Å². The van der Waals surface area contributed by atoms with Gasteiger partial charge in [0.2, 0.25) is 5.91 Å². The quantitative estimate of drug-likeness (QED) is 0.853. The lowest BCUT2D eigenvalue weighted by Gasteiger charge is -2.46. The van der Waals surface area contributed by atoms with E-state index in [0.29, 0.717) is 19.0 Å². The van der Waals surface area contributed by atoms with Gasteiger partial charge in [0.15, 0.2) is 0 Å².